The molecule has 0 fully saturated rings. The van der Waals surface area contributed by atoms with Crippen molar-refractivity contribution in [3.8, 4) is 0 Å². The molecule has 7 nitrogen and oxygen atoms in total. The van der Waals surface area contributed by atoms with Crippen molar-refractivity contribution in [2.24, 2.45) is 5.73 Å². The van der Waals surface area contributed by atoms with Crippen molar-refractivity contribution in [2.75, 3.05) is 30.4 Å². The summed E-state index contributed by atoms with van der Waals surface area (Å²) in [7, 11) is -3.42. The van der Waals surface area contributed by atoms with E-state index < -0.39 is 21.5 Å². The second kappa shape index (κ2) is 7.01. The van der Waals surface area contributed by atoms with Crippen LogP contribution in [0.25, 0.3) is 0 Å². The van der Waals surface area contributed by atoms with Crippen molar-refractivity contribution >= 4 is 27.3 Å². The van der Waals surface area contributed by atoms with E-state index in [1.165, 1.54) is 12.1 Å². The number of rotatable bonds is 6. The minimum Gasteiger partial charge on any atom is -0.351 e. The van der Waals surface area contributed by atoms with Gasteiger partial charge in [0.25, 0.3) is 5.91 Å². The smallest absolute Gasteiger partial charge is 0.253 e. The molecule has 8 heteroatoms. The van der Waals surface area contributed by atoms with Gasteiger partial charge >= 0.3 is 0 Å². The molecular weight excluding hydrogens is 282 g/mol. The molecule has 0 saturated carbocycles. The van der Waals surface area contributed by atoms with Crippen LogP contribution >= 0.6 is 0 Å². The Hall–Kier alpha value is -1.93. The van der Waals surface area contributed by atoms with E-state index in [1.807, 2.05) is 0 Å². The molecule has 0 aliphatic rings. The van der Waals surface area contributed by atoms with E-state index in [0.29, 0.717) is 13.1 Å². The zero-order valence-electron chi connectivity index (χ0n) is 11.0. The second-order valence-corrected chi connectivity index (χ2v) is 6.35. The minimum atomic E-state index is -3.42. The number of carbonyl (C=O) groups excluding carboxylic acids is 2. The SMILES string of the molecule is CS(=O)(=O)CC(=O)Nc1ccccc1C(=O)NCCN. The van der Waals surface area contributed by atoms with Crippen LogP contribution in [-0.4, -0.2) is 45.3 Å². The monoisotopic (exact) mass is 299 g/mol. The quantitative estimate of drug-likeness (QED) is 0.645. The highest BCUT2D eigenvalue weighted by molar-refractivity contribution is 7.91. The fourth-order valence-electron chi connectivity index (χ4n) is 1.50. The summed E-state index contributed by atoms with van der Waals surface area (Å²) in [5, 5.41) is 4.99. The van der Waals surface area contributed by atoms with Gasteiger partial charge in [-0.05, 0) is 12.1 Å². The Kier molecular flexibility index (Phi) is 5.66. The van der Waals surface area contributed by atoms with E-state index in [-0.39, 0.29) is 17.2 Å². The fourth-order valence-corrected chi connectivity index (χ4v) is 2.04. The van der Waals surface area contributed by atoms with Gasteiger partial charge < -0.3 is 16.4 Å². The first-order valence-electron chi connectivity index (χ1n) is 5.88. The molecule has 2 amide bonds. The molecule has 0 aliphatic heterocycles. The molecule has 4 N–H and O–H groups in total. The summed E-state index contributed by atoms with van der Waals surface area (Å²) >= 11 is 0. The van der Waals surface area contributed by atoms with Gasteiger partial charge in [0.15, 0.2) is 9.84 Å². The maximum absolute atomic E-state index is 11.9. The third-order valence-corrected chi connectivity index (χ3v) is 3.06. The molecule has 0 aromatic heterocycles. The topological polar surface area (TPSA) is 118 Å². The third kappa shape index (κ3) is 5.37. The van der Waals surface area contributed by atoms with Gasteiger partial charge in [0.05, 0.1) is 11.3 Å². The number of benzene rings is 1. The standard InChI is InChI=1S/C12H17N3O4S/c1-20(18,19)8-11(16)15-10-5-3-2-4-9(10)12(17)14-7-6-13/h2-5H,6-8,13H2,1H3,(H,14,17)(H,15,16). The van der Waals surface area contributed by atoms with Crippen LogP contribution in [0.3, 0.4) is 0 Å². The predicted octanol–water partition coefficient (Wildman–Crippen LogP) is -0.642. The number of anilines is 1. The molecule has 20 heavy (non-hydrogen) atoms. The Bertz CT molecular complexity index is 598. The van der Waals surface area contributed by atoms with Gasteiger partial charge in [0.1, 0.15) is 5.75 Å². The predicted molar refractivity (Wildman–Crippen MR) is 76.2 cm³/mol. The van der Waals surface area contributed by atoms with E-state index in [1.54, 1.807) is 12.1 Å². The van der Waals surface area contributed by atoms with Gasteiger partial charge in [0, 0.05) is 19.3 Å². The molecule has 0 saturated heterocycles. The number of carbonyl (C=O) groups is 2. The Balaban J connectivity index is 2.85. The van der Waals surface area contributed by atoms with Crippen molar-refractivity contribution in [1.29, 1.82) is 0 Å². The molecule has 0 spiro atoms. The zero-order valence-corrected chi connectivity index (χ0v) is 11.9. The van der Waals surface area contributed by atoms with Gasteiger partial charge in [0.2, 0.25) is 5.91 Å². The molecule has 0 unspecified atom stereocenters. The van der Waals surface area contributed by atoms with E-state index >= 15 is 0 Å². The van der Waals surface area contributed by atoms with Crippen LogP contribution in [0.2, 0.25) is 0 Å². The summed E-state index contributed by atoms with van der Waals surface area (Å²) < 4.78 is 22.1. The lowest BCUT2D eigenvalue weighted by Crippen LogP contribution is -2.30. The Labute approximate surface area is 117 Å². The number of nitrogens with one attached hydrogen (secondary N) is 2. The second-order valence-electron chi connectivity index (χ2n) is 4.21. The van der Waals surface area contributed by atoms with Crippen molar-refractivity contribution in [1.82, 2.24) is 5.32 Å². The van der Waals surface area contributed by atoms with Gasteiger partial charge in [-0.15, -0.1) is 0 Å². The van der Waals surface area contributed by atoms with Gasteiger partial charge in [-0.2, -0.15) is 0 Å². The Morgan fingerprint density at radius 2 is 1.90 bits per heavy atom. The van der Waals surface area contributed by atoms with Crippen LogP contribution in [0.15, 0.2) is 24.3 Å². The van der Waals surface area contributed by atoms with Crippen LogP contribution < -0.4 is 16.4 Å². The summed E-state index contributed by atoms with van der Waals surface area (Å²) in [6.07, 6.45) is 0.965. The molecule has 0 atom stereocenters. The fraction of sp³-hybridized carbons (Fsp3) is 0.333. The number of nitrogens with two attached hydrogens (primary N) is 1. The molecule has 110 valence electrons. The summed E-state index contributed by atoms with van der Waals surface area (Å²) in [5.74, 6) is -1.71. The van der Waals surface area contributed by atoms with Gasteiger partial charge in [-0.1, -0.05) is 12.1 Å². The average Bonchev–Trinajstić information content (AvgIpc) is 2.34. The lowest BCUT2D eigenvalue weighted by atomic mass is 10.1. The Morgan fingerprint density at radius 3 is 2.50 bits per heavy atom. The normalized spacial score (nSPS) is 10.9. The molecular formula is C12H17N3O4S. The average molecular weight is 299 g/mol. The molecule has 0 heterocycles. The van der Waals surface area contributed by atoms with Crippen molar-refractivity contribution in [3.05, 3.63) is 29.8 Å². The van der Waals surface area contributed by atoms with Crippen molar-refractivity contribution in [3.63, 3.8) is 0 Å². The van der Waals surface area contributed by atoms with Crippen LogP contribution in [0.1, 0.15) is 10.4 Å². The molecule has 1 aromatic rings. The van der Waals surface area contributed by atoms with Crippen molar-refractivity contribution in [2.45, 2.75) is 0 Å². The van der Waals surface area contributed by atoms with E-state index in [0.717, 1.165) is 6.26 Å². The summed E-state index contributed by atoms with van der Waals surface area (Å²) in [4.78, 5) is 23.4. The third-order valence-electron chi connectivity index (χ3n) is 2.27. The number of para-hydroxylation sites is 1. The first-order chi connectivity index (χ1) is 9.33. The Morgan fingerprint density at radius 1 is 1.25 bits per heavy atom. The maximum Gasteiger partial charge on any atom is 0.253 e. The van der Waals surface area contributed by atoms with Crippen molar-refractivity contribution < 1.29 is 18.0 Å². The van der Waals surface area contributed by atoms with Crippen LogP contribution in [0.5, 0.6) is 0 Å². The highest BCUT2D eigenvalue weighted by Gasteiger charge is 2.15. The van der Waals surface area contributed by atoms with Gasteiger partial charge in [-0.25, -0.2) is 8.42 Å². The minimum absolute atomic E-state index is 0.253. The molecule has 0 radical (unpaired) electrons. The highest BCUT2D eigenvalue weighted by Crippen LogP contribution is 2.14. The first-order valence-corrected chi connectivity index (χ1v) is 7.94. The van der Waals surface area contributed by atoms with Crippen LogP contribution in [0.4, 0.5) is 5.69 Å². The van der Waals surface area contributed by atoms with Crippen LogP contribution in [-0.2, 0) is 14.6 Å². The first kappa shape index (κ1) is 16.1. The zero-order chi connectivity index (χ0) is 15.2. The highest BCUT2D eigenvalue weighted by atomic mass is 32.2. The number of hydrogen-bond acceptors (Lipinski definition) is 5. The number of hydrogen-bond donors (Lipinski definition) is 3. The largest absolute Gasteiger partial charge is 0.351 e. The van der Waals surface area contributed by atoms with E-state index in [4.69, 9.17) is 5.73 Å². The summed E-state index contributed by atoms with van der Waals surface area (Å²) in [6.45, 7) is 0.610. The molecule has 1 aromatic carbocycles. The number of amides is 2. The summed E-state index contributed by atoms with van der Waals surface area (Å²) in [5.41, 5.74) is 5.80. The number of sulfone groups is 1. The molecule has 0 bridgehead atoms. The van der Waals surface area contributed by atoms with E-state index in [9.17, 15) is 18.0 Å². The lowest BCUT2D eigenvalue weighted by Gasteiger charge is -2.10. The lowest BCUT2D eigenvalue weighted by molar-refractivity contribution is -0.113. The maximum atomic E-state index is 11.9. The van der Waals surface area contributed by atoms with Gasteiger partial charge in [-0.3, -0.25) is 9.59 Å². The van der Waals surface area contributed by atoms with E-state index in [2.05, 4.69) is 10.6 Å². The van der Waals surface area contributed by atoms with Crippen LogP contribution in [0, 0.1) is 0 Å². The molecule has 0 aliphatic carbocycles. The summed E-state index contributed by atoms with van der Waals surface area (Å²) in [6, 6.07) is 6.33. The molecule has 1 rings (SSSR count).